The lowest BCUT2D eigenvalue weighted by Gasteiger charge is -2.52. The highest BCUT2D eigenvalue weighted by Crippen LogP contribution is 2.38. The summed E-state index contributed by atoms with van der Waals surface area (Å²) in [4.78, 5) is 14.5. The molecule has 0 aromatic heterocycles. The van der Waals surface area contributed by atoms with Crippen LogP contribution in [-0.2, 0) is 99.5 Å². The predicted octanol–water partition coefficient (Wildman–Crippen LogP) is -0.469. The molecule has 0 aromatic carbocycles. The maximum atomic E-state index is 13.0. The van der Waals surface area contributed by atoms with Gasteiger partial charge < -0.3 is 99.6 Å². The molecule has 3 rings (SSSR count). The fourth-order valence-electron chi connectivity index (χ4n) is 8.68. The van der Waals surface area contributed by atoms with Crippen LogP contribution in [0.25, 0.3) is 0 Å². The second-order valence-corrected chi connectivity index (χ2v) is 15.3. The number of ether oxygens (including phenoxy) is 20. The van der Waals surface area contributed by atoms with Gasteiger partial charge in [-0.3, -0.25) is 4.79 Å². The molecule has 372 valence electrons. The van der Waals surface area contributed by atoms with E-state index in [1.807, 2.05) is 0 Å². The van der Waals surface area contributed by atoms with Crippen molar-refractivity contribution < 1.29 is 99.5 Å². The summed E-state index contributed by atoms with van der Waals surface area (Å²) in [6, 6.07) is -0.796. The highest BCUT2D eigenvalue weighted by Gasteiger charge is 2.57. The molecule has 19 atom stereocenters. The normalized spacial score (nSPS) is 35.8. The van der Waals surface area contributed by atoms with Crippen LogP contribution in [0.1, 0.15) is 6.92 Å². The van der Waals surface area contributed by atoms with Crippen molar-refractivity contribution in [3.8, 4) is 0 Å². The Balaban J connectivity index is 2.09. The SMILES string of the molecule is COC[C@H](OC)[C@@H](OC)[C@H](O[C@@H]1O[C@H](COC)[C@H](O[C@H]2O[C@H](COC)[C@H](OC)[C@H](O[C@@H]3O[C@H](COC)[C@H](OC)[C@H](OC)[C@H]3N(C)C(C)=O)[C@H]2OC)[C@H](OC)[C@H]1OC)[C@@H](COC)OC. The van der Waals surface area contributed by atoms with Crippen LogP contribution in [0, 0.1) is 0 Å². The van der Waals surface area contributed by atoms with Gasteiger partial charge in [0.25, 0.3) is 0 Å². The molecule has 22 heteroatoms. The molecule has 63 heavy (non-hydrogen) atoms. The molecule has 3 aliphatic rings. The van der Waals surface area contributed by atoms with Crippen LogP contribution < -0.4 is 0 Å². The molecule has 3 aliphatic heterocycles. The number of carbonyl (C=O) groups excluding carboxylic acids is 1. The van der Waals surface area contributed by atoms with Crippen LogP contribution in [0.3, 0.4) is 0 Å². The molecule has 0 unspecified atom stereocenters. The minimum Gasteiger partial charge on any atom is -0.382 e. The second kappa shape index (κ2) is 28.8. The maximum Gasteiger partial charge on any atom is 0.219 e. The third-order valence-corrected chi connectivity index (χ3v) is 11.8. The summed E-state index contributed by atoms with van der Waals surface area (Å²) in [5.41, 5.74) is 0. The van der Waals surface area contributed by atoms with E-state index in [2.05, 4.69) is 0 Å². The lowest BCUT2D eigenvalue weighted by atomic mass is 9.93. The molecule has 0 spiro atoms. The summed E-state index contributed by atoms with van der Waals surface area (Å²) in [6.07, 6.45) is -15.2. The molecule has 3 fully saturated rings. The van der Waals surface area contributed by atoms with Crippen LogP contribution in [0.4, 0.5) is 0 Å². The van der Waals surface area contributed by atoms with Crippen molar-refractivity contribution in [1.29, 1.82) is 0 Å². The Bertz CT molecular complexity index is 1250. The molecule has 0 radical (unpaired) electrons. The molecule has 0 N–H and O–H groups in total. The van der Waals surface area contributed by atoms with Crippen LogP contribution in [0.2, 0.25) is 0 Å². The lowest BCUT2D eigenvalue weighted by Crippen LogP contribution is -2.69. The first-order valence-electron chi connectivity index (χ1n) is 20.8. The number of hydrogen-bond donors (Lipinski definition) is 0. The molecular formula is C41H77NO21. The number of hydrogen-bond acceptors (Lipinski definition) is 21. The first kappa shape index (κ1) is 56.0. The fraction of sp³-hybridized carbons (Fsp3) is 0.976. The highest BCUT2D eigenvalue weighted by atomic mass is 16.8. The first-order valence-corrected chi connectivity index (χ1v) is 20.8. The molecule has 3 heterocycles. The van der Waals surface area contributed by atoms with E-state index in [9.17, 15) is 4.79 Å². The smallest absolute Gasteiger partial charge is 0.219 e. The third-order valence-electron chi connectivity index (χ3n) is 11.8. The summed E-state index contributed by atoms with van der Waals surface area (Å²) < 4.78 is 122. The highest BCUT2D eigenvalue weighted by molar-refractivity contribution is 5.73. The monoisotopic (exact) mass is 919 g/mol. The zero-order valence-electron chi connectivity index (χ0n) is 40.0. The molecular weight excluding hydrogens is 842 g/mol. The van der Waals surface area contributed by atoms with E-state index in [0.29, 0.717) is 0 Å². The van der Waals surface area contributed by atoms with E-state index in [1.165, 1.54) is 68.7 Å². The number of amides is 1. The summed E-state index contributed by atoms with van der Waals surface area (Å²) >= 11 is 0. The molecule has 0 aliphatic carbocycles. The maximum absolute atomic E-state index is 13.0. The van der Waals surface area contributed by atoms with Gasteiger partial charge in [-0.25, -0.2) is 0 Å². The van der Waals surface area contributed by atoms with Gasteiger partial charge in [-0.05, 0) is 0 Å². The molecule has 0 aromatic rings. The van der Waals surface area contributed by atoms with Crippen molar-refractivity contribution in [2.75, 3.05) is 140 Å². The topological polar surface area (TPSA) is 205 Å². The van der Waals surface area contributed by atoms with E-state index >= 15 is 0 Å². The van der Waals surface area contributed by atoms with Crippen molar-refractivity contribution >= 4 is 5.91 Å². The second-order valence-electron chi connectivity index (χ2n) is 15.3. The Kier molecular flexibility index (Phi) is 25.6. The van der Waals surface area contributed by atoms with Gasteiger partial charge in [0, 0.05) is 114 Å². The summed E-state index contributed by atoms with van der Waals surface area (Å²) in [6.45, 7) is 2.01. The van der Waals surface area contributed by atoms with Crippen LogP contribution in [0.15, 0.2) is 0 Å². The van der Waals surface area contributed by atoms with Crippen LogP contribution in [0.5, 0.6) is 0 Å². The third kappa shape index (κ3) is 13.7. The van der Waals surface area contributed by atoms with Gasteiger partial charge in [-0.2, -0.15) is 0 Å². The number of methoxy groups -OCH3 is 14. The van der Waals surface area contributed by atoms with Crippen molar-refractivity contribution in [3.05, 3.63) is 0 Å². The van der Waals surface area contributed by atoms with E-state index < -0.39 is 116 Å². The molecule has 0 saturated carbocycles. The first-order chi connectivity index (χ1) is 30.4. The Morgan fingerprint density at radius 1 is 0.460 bits per heavy atom. The van der Waals surface area contributed by atoms with Gasteiger partial charge in [0.05, 0.1) is 33.0 Å². The van der Waals surface area contributed by atoms with Gasteiger partial charge in [-0.15, -0.1) is 0 Å². The van der Waals surface area contributed by atoms with Gasteiger partial charge in [-0.1, -0.05) is 0 Å². The van der Waals surface area contributed by atoms with E-state index in [-0.39, 0.29) is 38.9 Å². The van der Waals surface area contributed by atoms with Crippen LogP contribution in [-0.4, -0.2) is 267 Å². The average Bonchev–Trinajstić information content (AvgIpc) is 3.28. The Morgan fingerprint density at radius 3 is 1.30 bits per heavy atom. The molecule has 0 bridgehead atoms. The number of carbonyl (C=O) groups is 1. The zero-order chi connectivity index (χ0) is 46.8. The predicted molar refractivity (Wildman–Crippen MR) is 219 cm³/mol. The Morgan fingerprint density at radius 2 is 0.873 bits per heavy atom. The van der Waals surface area contributed by atoms with Crippen molar-refractivity contribution in [1.82, 2.24) is 4.90 Å². The summed E-state index contributed by atoms with van der Waals surface area (Å²) in [5, 5.41) is 0. The van der Waals surface area contributed by atoms with Gasteiger partial charge in [0.2, 0.25) is 5.91 Å². The summed E-state index contributed by atoms with van der Waals surface area (Å²) in [7, 11) is 23.1. The van der Waals surface area contributed by atoms with E-state index in [4.69, 9.17) is 94.7 Å². The van der Waals surface area contributed by atoms with Gasteiger partial charge >= 0.3 is 0 Å². The fourth-order valence-corrected chi connectivity index (χ4v) is 8.68. The van der Waals surface area contributed by atoms with E-state index in [1.54, 1.807) is 49.7 Å². The van der Waals surface area contributed by atoms with Gasteiger partial charge in [0.1, 0.15) is 97.6 Å². The molecule has 3 saturated heterocycles. The molecule has 22 nitrogen and oxygen atoms in total. The zero-order valence-corrected chi connectivity index (χ0v) is 40.0. The van der Waals surface area contributed by atoms with Crippen LogP contribution >= 0.6 is 0 Å². The minimum atomic E-state index is -1.18. The standard InChI is InChI=1S/C41H77NO21/c1-22(43)42(2)28-34(54-13)30(52-11)25(19-46-5)58-39(28)63-36-31(53-12)26(20-47-6)59-41(38(36)57-16)62-33-27(21-48-7)60-40(37(56-15)35(33)55-14)61-32(24(50-9)18-45-4)29(51-10)23(49-8)17-44-3/h23-41H,17-21H2,1-16H3/t23-,24+,25+,26+,27+,28+,29+,30-,31-,32+,33-,34+,35-,36-,37+,38+,39-,40-,41+/m0/s1. The Hall–Kier alpha value is -1.33. The Labute approximate surface area is 373 Å². The molecule has 1 amide bonds. The van der Waals surface area contributed by atoms with Crippen molar-refractivity contribution in [2.45, 2.75) is 123 Å². The summed E-state index contributed by atoms with van der Waals surface area (Å²) in [5.74, 6) is -0.257. The van der Waals surface area contributed by atoms with Crippen molar-refractivity contribution in [3.63, 3.8) is 0 Å². The number of rotatable bonds is 29. The van der Waals surface area contributed by atoms with Gasteiger partial charge in [0.15, 0.2) is 18.9 Å². The van der Waals surface area contributed by atoms with Crippen molar-refractivity contribution in [2.24, 2.45) is 0 Å². The number of nitrogens with zero attached hydrogens (tertiary/aromatic N) is 1. The lowest BCUT2D eigenvalue weighted by molar-refractivity contribution is -0.387. The van der Waals surface area contributed by atoms with E-state index in [0.717, 1.165) is 0 Å². The average molecular weight is 920 g/mol. The number of likely N-dealkylation sites (N-methyl/N-ethyl adjacent to an activating group) is 1. The quantitative estimate of drug-likeness (QED) is 0.0931. The minimum absolute atomic E-state index is 0.0246. The largest absolute Gasteiger partial charge is 0.382 e.